The number of carbonyl (C=O) groups excluding carboxylic acids is 2. The van der Waals surface area contributed by atoms with Crippen molar-refractivity contribution >= 4 is 11.8 Å². The molecule has 0 unspecified atom stereocenters. The quantitative estimate of drug-likeness (QED) is 0.764. The molecule has 1 fully saturated rings. The molecule has 2 heterocycles. The van der Waals surface area contributed by atoms with Crippen LogP contribution in [0.3, 0.4) is 0 Å². The van der Waals surface area contributed by atoms with E-state index in [1.807, 2.05) is 23.6 Å². The third kappa shape index (κ3) is 3.59. The Morgan fingerprint density at radius 2 is 1.83 bits per heavy atom. The molecule has 29 heavy (non-hydrogen) atoms. The molecule has 1 aliphatic carbocycles. The maximum absolute atomic E-state index is 12.8. The number of amides is 2. The fraction of sp³-hybridized carbons (Fsp3) is 0.500. The van der Waals surface area contributed by atoms with Crippen LogP contribution in [0, 0.1) is 0 Å². The third-order valence-electron chi connectivity index (χ3n) is 6.89. The number of rotatable bonds is 5. The van der Waals surface area contributed by atoms with Crippen LogP contribution in [0.1, 0.15) is 67.1 Å². The molecule has 154 valence electrons. The number of likely N-dealkylation sites (tertiary alicyclic amines) is 1. The van der Waals surface area contributed by atoms with Gasteiger partial charge in [-0.25, -0.2) is 0 Å². The van der Waals surface area contributed by atoms with Gasteiger partial charge in [-0.15, -0.1) is 0 Å². The van der Waals surface area contributed by atoms with Crippen LogP contribution >= 0.6 is 0 Å². The standard InChI is InChI=1S/C24H30N2O3/c1-3-25(4-2)22(27)16-18-17-24(20-9-6-5-8-19(18)20)11-13-26(14-12-24)23(28)21-10-7-15-29-21/h5-10,15,18H,3-4,11-14,16-17H2,1-2H3/t18-/m0/s1. The molecule has 4 rings (SSSR count). The summed E-state index contributed by atoms with van der Waals surface area (Å²) in [5.74, 6) is 0.906. The predicted molar refractivity (Wildman–Crippen MR) is 112 cm³/mol. The first kappa shape index (κ1) is 19.7. The molecule has 5 heteroatoms. The highest BCUT2D eigenvalue weighted by atomic mass is 16.3. The Labute approximate surface area is 172 Å². The van der Waals surface area contributed by atoms with Crippen molar-refractivity contribution in [1.82, 2.24) is 9.80 Å². The number of carbonyl (C=O) groups is 2. The summed E-state index contributed by atoms with van der Waals surface area (Å²) in [6.45, 7) is 7.06. The van der Waals surface area contributed by atoms with Gasteiger partial charge >= 0.3 is 0 Å². The third-order valence-corrected chi connectivity index (χ3v) is 6.89. The zero-order chi connectivity index (χ0) is 20.4. The molecule has 2 aromatic rings. The van der Waals surface area contributed by atoms with Crippen LogP contribution in [0.15, 0.2) is 47.1 Å². The minimum Gasteiger partial charge on any atom is -0.459 e. The van der Waals surface area contributed by atoms with Crippen LogP contribution in [0.4, 0.5) is 0 Å². The van der Waals surface area contributed by atoms with Crippen molar-refractivity contribution in [2.45, 2.75) is 50.9 Å². The number of hydrogen-bond acceptors (Lipinski definition) is 3. The molecule has 1 aliphatic heterocycles. The number of nitrogens with zero attached hydrogens (tertiary/aromatic N) is 2. The Morgan fingerprint density at radius 1 is 1.10 bits per heavy atom. The van der Waals surface area contributed by atoms with Crippen molar-refractivity contribution in [3.05, 3.63) is 59.5 Å². The van der Waals surface area contributed by atoms with Crippen LogP contribution < -0.4 is 0 Å². The molecular weight excluding hydrogens is 364 g/mol. The van der Waals surface area contributed by atoms with E-state index in [1.165, 1.54) is 11.1 Å². The molecule has 0 N–H and O–H groups in total. The Morgan fingerprint density at radius 3 is 2.48 bits per heavy atom. The number of piperidine rings is 1. The molecule has 1 saturated heterocycles. The summed E-state index contributed by atoms with van der Waals surface area (Å²) in [5, 5.41) is 0. The average Bonchev–Trinajstić information content (AvgIpc) is 3.37. The molecule has 0 bridgehead atoms. The summed E-state index contributed by atoms with van der Waals surface area (Å²) in [7, 11) is 0. The topological polar surface area (TPSA) is 53.8 Å². The van der Waals surface area contributed by atoms with Crippen molar-refractivity contribution < 1.29 is 14.0 Å². The van der Waals surface area contributed by atoms with Crippen molar-refractivity contribution in [2.75, 3.05) is 26.2 Å². The van der Waals surface area contributed by atoms with Crippen LogP contribution in [0.2, 0.25) is 0 Å². The minimum atomic E-state index is -0.0237. The molecule has 1 aromatic heterocycles. The molecular formula is C24H30N2O3. The van der Waals surface area contributed by atoms with Crippen molar-refractivity contribution in [2.24, 2.45) is 0 Å². The highest BCUT2D eigenvalue weighted by Gasteiger charge is 2.46. The lowest BCUT2D eigenvalue weighted by Gasteiger charge is -2.40. The van der Waals surface area contributed by atoms with E-state index in [9.17, 15) is 9.59 Å². The van der Waals surface area contributed by atoms with E-state index in [0.29, 0.717) is 12.2 Å². The van der Waals surface area contributed by atoms with Gasteiger partial charge in [0.05, 0.1) is 6.26 Å². The van der Waals surface area contributed by atoms with Gasteiger partial charge in [-0.3, -0.25) is 9.59 Å². The summed E-state index contributed by atoms with van der Waals surface area (Å²) in [6.07, 6.45) is 5.00. The van der Waals surface area contributed by atoms with E-state index in [1.54, 1.807) is 18.4 Å². The van der Waals surface area contributed by atoms with Crippen LogP contribution in [0.5, 0.6) is 0 Å². The fourth-order valence-corrected chi connectivity index (χ4v) is 5.29. The van der Waals surface area contributed by atoms with Gasteiger partial charge < -0.3 is 14.2 Å². The summed E-state index contributed by atoms with van der Waals surface area (Å²) in [5.41, 5.74) is 2.80. The molecule has 2 aliphatic rings. The van der Waals surface area contributed by atoms with Gasteiger partial charge in [0.25, 0.3) is 5.91 Å². The van der Waals surface area contributed by atoms with Gasteiger partial charge in [-0.2, -0.15) is 0 Å². The second kappa shape index (κ2) is 8.05. The SMILES string of the molecule is CCN(CC)C(=O)C[C@H]1CC2(CCN(C(=O)c3ccco3)CC2)c2ccccc21. The van der Waals surface area contributed by atoms with E-state index in [4.69, 9.17) is 4.42 Å². The van der Waals surface area contributed by atoms with Gasteiger partial charge in [-0.05, 0) is 67.7 Å². The number of fused-ring (bicyclic) bond motifs is 2. The first-order valence-electron chi connectivity index (χ1n) is 10.8. The van der Waals surface area contributed by atoms with Gasteiger partial charge in [0, 0.05) is 32.6 Å². The van der Waals surface area contributed by atoms with E-state index < -0.39 is 0 Å². The van der Waals surface area contributed by atoms with Crippen molar-refractivity contribution in [3.8, 4) is 0 Å². The largest absolute Gasteiger partial charge is 0.459 e. The van der Waals surface area contributed by atoms with Gasteiger partial charge in [0.1, 0.15) is 0 Å². The van der Waals surface area contributed by atoms with E-state index in [-0.39, 0.29) is 23.1 Å². The van der Waals surface area contributed by atoms with Gasteiger partial charge in [0.2, 0.25) is 5.91 Å². The average molecular weight is 395 g/mol. The van der Waals surface area contributed by atoms with Crippen molar-refractivity contribution in [1.29, 1.82) is 0 Å². The monoisotopic (exact) mass is 394 g/mol. The summed E-state index contributed by atoms with van der Waals surface area (Å²) in [6, 6.07) is 12.1. The molecule has 1 aromatic carbocycles. The van der Waals surface area contributed by atoms with E-state index in [0.717, 1.165) is 45.4 Å². The Balaban J connectivity index is 1.50. The number of benzene rings is 1. The second-order valence-corrected chi connectivity index (χ2v) is 8.31. The minimum absolute atomic E-state index is 0.0237. The number of hydrogen-bond donors (Lipinski definition) is 0. The van der Waals surface area contributed by atoms with Crippen LogP contribution in [0.25, 0.3) is 0 Å². The summed E-state index contributed by atoms with van der Waals surface area (Å²) < 4.78 is 5.29. The predicted octanol–water partition coefficient (Wildman–Crippen LogP) is 4.20. The first-order chi connectivity index (χ1) is 14.1. The van der Waals surface area contributed by atoms with E-state index in [2.05, 4.69) is 24.3 Å². The zero-order valence-electron chi connectivity index (χ0n) is 17.4. The normalized spacial score (nSPS) is 19.9. The highest BCUT2D eigenvalue weighted by molar-refractivity contribution is 5.91. The first-order valence-corrected chi connectivity index (χ1v) is 10.8. The smallest absolute Gasteiger partial charge is 0.289 e. The lowest BCUT2D eigenvalue weighted by molar-refractivity contribution is -0.131. The lowest BCUT2D eigenvalue weighted by Crippen LogP contribution is -2.44. The maximum atomic E-state index is 12.8. The summed E-state index contributed by atoms with van der Waals surface area (Å²) >= 11 is 0. The van der Waals surface area contributed by atoms with Gasteiger partial charge in [-0.1, -0.05) is 24.3 Å². The molecule has 0 saturated carbocycles. The van der Waals surface area contributed by atoms with Crippen LogP contribution in [-0.4, -0.2) is 47.8 Å². The molecule has 1 spiro atoms. The lowest BCUT2D eigenvalue weighted by atomic mass is 9.73. The zero-order valence-corrected chi connectivity index (χ0v) is 17.4. The Kier molecular flexibility index (Phi) is 5.48. The molecule has 0 radical (unpaired) electrons. The van der Waals surface area contributed by atoms with Crippen molar-refractivity contribution in [3.63, 3.8) is 0 Å². The Hall–Kier alpha value is -2.56. The summed E-state index contributed by atoms with van der Waals surface area (Å²) in [4.78, 5) is 29.3. The molecule has 5 nitrogen and oxygen atoms in total. The second-order valence-electron chi connectivity index (χ2n) is 8.31. The fourth-order valence-electron chi connectivity index (χ4n) is 5.29. The molecule has 2 amide bonds. The maximum Gasteiger partial charge on any atom is 0.289 e. The van der Waals surface area contributed by atoms with Gasteiger partial charge in [0.15, 0.2) is 5.76 Å². The number of furan rings is 1. The Bertz CT molecular complexity index is 862. The molecule has 1 atom stereocenters. The highest BCUT2D eigenvalue weighted by Crippen LogP contribution is 2.52. The van der Waals surface area contributed by atoms with Crippen LogP contribution in [-0.2, 0) is 10.2 Å². The van der Waals surface area contributed by atoms with E-state index >= 15 is 0 Å².